The van der Waals surface area contributed by atoms with E-state index in [1.165, 1.54) is 5.56 Å². The third-order valence-corrected chi connectivity index (χ3v) is 3.48. The van der Waals surface area contributed by atoms with Crippen molar-refractivity contribution < 1.29 is 4.74 Å². The molecule has 2 heterocycles. The molecule has 0 radical (unpaired) electrons. The summed E-state index contributed by atoms with van der Waals surface area (Å²) in [6, 6.07) is 8.70. The second-order valence-corrected chi connectivity index (χ2v) is 4.86. The van der Waals surface area contributed by atoms with Crippen molar-refractivity contribution in [3.8, 4) is 5.75 Å². The topological polar surface area (TPSA) is 38.5 Å². The highest BCUT2D eigenvalue weighted by atomic mass is 16.5. The predicted molar refractivity (Wildman–Crippen MR) is 63.6 cm³/mol. The number of nitrogens with two attached hydrogens (primary N) is 1. The summed E-state index contributed by atoms with van der Waals surface area (Å²) in [5.74, 6) is 1.07. The van der Waals surface area contributed by atoms with Crippen molar-refractivity contribution >= 4 is 0 Å². The molecule has 16 heavy (non-hydrogen) atoms. The number of hydrogen-bond acceptors (Lipinski definition) is 3. The maximum absolute atomic E-state index is 5.92. The Morgan fingerprint density at radius 2 is 2.25 bits per heavy atom. The van der Waals surface area contributed by atoms with E-state index in [4.69, 9.17) is 10.5 Å². The lowest BCUT2D eigenvalue weighted by atomic mass is 10.1. The standard InChI is InChI=1S/C13H18N2O/c14-11-5-6-15(8-11)9-12-7-10-3-1-2-4-13(10)16-12/h1-4,11-12H,5-9,14H2/t11-,12?/m0/s1. The molecule has 0 amide bonds. The third-order valence-electron chi connectivity index (χ3n) is 3.48. The van der Waals surface area contributed by atoms with Crippen molar-refractivity contribution in [1.82, 2.24) is 4.90 Å². The number of ether oxygens (including phenoxy) is 1. The minimum atomic E-state index is 0.322. The van der Waals surface area contributed by atoms with E-state index in [2.05, 4.69) is 23.1 Å². The quantitative estimate of drug-likeness (QED) is 0.805. The first-order valence-corrected chi connectivity index (χ1v) is 6.04. The fraction of sp³-hybridized carbons (Fsp3) is 0.538. The van der Waals surface area contributed by atoms with E-state index < -0.39 is 0 Å². The average Bonchev–Trinajstić information content (AvgIpc) is 2.84. The summed E-state index contributed by atoms with van der Waals surface area (Å²) in [5, 5.41) is 0. The molecule has 0 saturated carbocycles. The number of rotatable bonds is 2. The van der Waals surface area contributed by atoms with Gasteiger partial charge in [-0.05, 0) is 24.6 Å². The maximum Gasteiger partial charge on any atom is 0.123 e. The van der Waals surface area contributed by atoms with E-state index in [0.29, 0.717) is 12.1 Å². The Kier molecular flexibility index (Phi) is 2.58. The summed E-state index contributed by atoms with van der Waals surface area (Å²) in [6.07, 6.45) is 2.49. The highest BCUT2D eigenvalue weighted by Crippen LogP contribution is 2.28. The van der Waals surface area contributed by atoms with Gasteiger partial charge in [0.05, 0.1) is 0 Å². The normalized spacial score (nSPS) is 29.1. The fourth-order valence-electron chi connectivity index (χ4n) is 2.67. The van der Waals surface area contributed by atoms with Crippen LogP contribution in [0.25, 0.3) is 0 Å². The maximum atomic E-state index is 5.92. The summed E-state index contributed by atoms with van der Waals surface area (Å²) >= 11 is 0. The number of likely N-dealkylation sites (tertiary alicyclic amines) is 1. The predicted octanol–water partition coefficient (Wildman–Crippen LogP) is 1.02. The minimum absolute atomic E-state index is 0.322. The Hall–Kier alpha value is -1.06. The number of nitrogens with zero attached hydrogens (tertiary/aromatic N) is 1. The van der Waals surface area contributed by atoms with Gasteiger partial charge in [-0.1, -0.05) is 18.2 Å². The molecule has 86 valence electrons. The zero-order valence-corrected chi connectivity index (χ0v) is 9.43. The van der Waals surface area contributed by atoms with Crippen molar-refractivity contribution in [3.05, 3.63) is 29.8 Å². The van der Waals surface area contributed by atoms with Crippen LogP contribution in [0.5, 0.6) is 5.75 Å². The molecule has 0 aromatic heterocycles. The SMILES string of the molecule is N[C@H]1CCN(CC2Cc3ccccc3O2)C1. The summed E-state index contributed by atoms with van der Waals surface area (Å²) in [5.41, 5.74) is 7.24. The monoisotopic (exact) mass is 218 g/mol. The van der Waals surface area contributed by atoms with E-state index >= 15 is 0 Å². The lowest BCUT2D eigenvalue weighted by Crippen LogP contribution is -2.35. The van der Waals surface area contributed by atoms with E-state index in [9.17, 15) is 0 Å². The Balaban J connectivity index is 1.60. The van der Waals surface area contributed by atoms with E-state index in [0.717, 1.165) is 38.2 Å². The number of benzene rings is 1. The lowest BCUT2D eigenvalue weighted by Gasteiger charge is -2.19. The molecule has 2 atom stereocenters. The Bertz CT molecular complexity index is 355. The van der Waals surface area contributed by atoms with Crippen LogP contribution in [-0.2, 0) is 6.42 Å². The largest absolute Gasteiger partial charge is 0.488 e. The van der Waals surface area contributed by atoms with Gasteiger partial charge >= 0.3 is 0 Å². The van der Waals surface area contributed by atoms with Gasteiger partial charge in [-0.3, -0.25) is 4.90 Å². The van der Waals surface area contributed by atoms with Crippen LogP contribution in [0.1, 0.15) is 12.0 Å². The zero-order chi connectivity index (χ0) is 11.0. The molecule has 0 bridgehead atoms. The van der Waals surface area contributed by atoms with Crippen molar-refractivity contribution in [2.75, 3.05) is 19.6 Å². The van der Waals surface area contributed by atoms with Crippen molar-refractivity contribution in [2.24, 2.45) is 5.73 Å². The van der Waals surface area contributed by atoms with Gasteiger partial charge in [0.1, 0.15) is 11.9 Å². The van der Waals surface area contributed by atoms with Gasteiger partial charge < -0.3 is 10.5 Å². The Labute approximate surface area is 96.2 Å². The van der Waals surface area contributed by atoms with Gasteiger partial charge in [-0.15, -0.1) is 0 Å². The van der Waals surface area contributed by atoms with Crippen LogP contribution in [-0.4, -0.2) is 36.7 Å². The molecule has 2 N–H and O–H groups in total. The first-order valence-electron chi connectivity index (χ1n) is 6.04. The van der Waals surface area contributed by atoms with Gasteiger partial charge in [0, 0.05) is 25.6 Å². The average molecular weight is 218 g/mol. The second kappa shape index (κ2) is 4.07. The third kappa shape index (κ3) is 1.93. The molecule has 1 aromatic carbocycles. The molecule has 3 heteroatoms. The minimum Gasteiger partial charge on any atom is -0.488 e. The van der Waals surface area contributed by atoms with E-state index in [1.54, 1.807) is 0 Å². The summed E-state index contributed by atoms with van der Waals surface area (Å²) in [7, 11) is 0. The van der Waals surface area contributed by atoms with E-state index in [-0.39, 0.29) is 0 Å². The molecule has 2 aliphatic rings. The highest BCUT2D eigenvalue weighted by Gasteiger charge is 2.27. The zero-order valence-electron chi connectivity index (χ0n) is 9.43. The molecular formula is C13H18N2O. The van der Waals surface area contributed by atoms with Gasteiger partial charge in [0.2, 0.25) is 0 Å². The summed E-state index contributed by atoms with van der Waals surface area (Å²) < 4.78 is 5.92. The summed E-state index contributed by atoms with van der Waals surface area (Å²) in [4.78, 5) is 2.42. The molecule has 1 unspecified atom stereocenters. The Morgan fingerprint density at radius 1 is 1.38 bits per heavy atom. The van der Waals surface area contributed by atoms with E-state index in [1.807, 2.05) is 6.07 Å². The molecular weight excluding hydrogens is 200 g/mol. The molecule has 0 aliphatic carbocycles. The van der Waals surface area contributed by atoms with Crippen LogP contribution in [0.3, 0.4) is 0 Å². The van der Waals surface area contributed by atoms with Gasteiger partial charge in [0.15, 0.2) is 0 Å². The highest BCUT2D eigenvalue weighted by molar-refractivity contribution is 5.37. The molecule has 1 fully saturated rings. The first-order chi connectivity index (χ1) is 7.81. The molecule has 0 spiro atoms. The van der Waals surface area contributed by atoms with Gasteiger partial charge in [-0.25, -0.2) is 0 Å². The molecule has 1 aromatic rings. The molecule has 2 aliphatic heterocycles. The molecule has 1 saturated heterocycles. The van der Waals surface area contributed by atoms with Crippen LogP contribution < -0.4 is 10.5 Å². The Morgan fingerprint density at radius 3 is 3.00 bits per heavy atom. The molecule has 3 nitrogen and oxygen atoms in total. The van der Waals surface area contributed by atoms with Crippen molar-refractivity contribution in [3.63, 3.8) is 0 Å². The smallest absolute Gasteiger partial charge is 0.123 e. The molecule has 3 rings (SSSR count). The number of hydrogen-bond donors (Lipinski definition) is 1. The van der Waals surface area contributed by atoms with Gasteiger partial charge in [0.25, 0.3) is 0 Å². The van der Waals surface area contributed by atoms with Gasteiger partial charge in [-0.2, -0.15) is 0 Å². The van der Waals surface area contributed by atoms with Crippen LogP contribution in [0.15, 0.2) is 24.3 Å². The van der Waals surface area contributed by atoms with Crippen molar-refractivity contribution in [1.29, 1.82) is 0 Å². The lowest BCUT2D eigenvalue weighted by molar-refractivity contribution is 0.167. The first kappa shape index (κ1) is 10.1. The number of fused-ring (bicyclic) bond motifs is 1. The fourth-order valence-corrected chi connectivity index (χ4v) is 2.67. The van der Waals surface area contributed by atoms with Crippen molar-refractivity contribution in [2.45, 2.75) is 25.0 Å². The second-order valence-electron chi connectivity index (χ2n) is 4.86. The van der Waals surface area contributed by atoms with Crippen LogP contribution in [0.4, 0.5) is 0 Å². The number of para-hydroxylation sites is 1. The van der Waals surface area contributed by atoms with Crippen LogP contribution >= 0.6 is 0 Å². The van der Waals surface area contributed by atoms with Crippen LogP contribution in [0.2, 0.25) is 0 Å². The summed E-state index contributed by atoms with van der Waals surface area (Å²) in [6.45, 7) is 3.16. The van der Waals surface area contributed by atoms with Crippen LogP contribution in [0, 0.1) is 0 Å².